The summed E-state index contributed by atoms with van der Waals surface area (Å²) in [7, 11) is 0. The topological polar surface area (TPSA) is 20.2 Å². The van der Waals surface area contributed by atoms with E-state index in [2.05, 4.69) is 32.6 Å². The summed E-state index contributed by atoms with van der Waals surface area (Å²) in [4.78, 5) is 0. The lowest BCUT2D eigenvalue weighted by Crippen LogP contribution is -2.12. The van der Waals surface area contributed by atoms with E-state index in [0.717, 1.165) is 6.42 Å². The molecule has 0 heterocycles. The molecule has 2 atom stereocenters. The first-order chi connectivity index (χ1) is 5.33. The monoisotopic (exact) mass is 168 g/mol. The van der Waals surface area contributed by atoms with Gasteiger partial charge in [0.1, 0.15) is 0 Å². The molecular formula is C11H20O. The molecule has 0 bridgehead atoms. The van der Waals surface area contributed by atoms with Crippen molar-refractivity contribution in [3.8, 4) is 11.8 Å². The van der Waals surface area contributed by atoms with Crippen LogP contribution in [-0.4, -0.2) is 11.2 Å². The van der Waals surface area contributed by atoms with E-state index in [9.17, 15) is 5.11 Å². The first-order valence-corrected chi connectivity index (χ1v) is 4.51. The maximum Gasteiger partial charge on any atom is 0.0546 e. The van der Waals surface area contributed by atoms with Crippen molar-refractivity contribution < 1.29 is 5.11 Å². The second-order valence-corrected chi connectivity index (χ2v) is 4.47. The Bertz CT molecular complexity index is 175. The Labute approximate surface area is 76.2 Å². The Morgan fingerprint density at radius 1 is 1.25 bits per heavy atom. The molecular weight excluding hydrogens is 148 g/mol. The highest BCUT2D eigenvalue weighted by molar-refractivity contribution is 5.07. The highest BCUT2D eigenvalue weighted by Gasteiger charge is 2.07. The fourth-order valence-corrected chi connectivity index (χ4v) is 0.648. The Kier molecular flexibility index (Phi) is 4.34. The van der Waals surface area contributed by atoms with Gasteiger partial charge in [0.2, 0.25) is 0 Å². The third-order valence-corrected chi connectivity index (χ3v) is 1.71. The molecule has 0 aliphatic heterocycles. The molecule has 0 aromatic rings. The molecule has 12 heavy (non-hydrogen) atoms. The van der Waals surface area contributed by atoms with Gasteiger partial charge in [0.25, 0.3) is 0 Å². The van der Waals surface area contributed by atoms with Crippen molar-refractivity contribution in [3.05, 3.63) is 0 Å². The molecule has 0 amide bonds. The molecule has 0 aliphatic carbocycles. The highest BCUT2D eigenvalue weighted by atomic mass is 16.3. The number of aliphatic hydroxyl groups excluding tert-OH is 1. The summed E-state index contributed by atoms with van der Waals surface area (Å²) < 4.78 is 0. The lowest BCUT2D eigenvalue weighted by atomic mass is 9.96. The van der Waals surface area contributed by atoms with Crippen molar-refractivity contribution in [2.24, 2.45) is 11.3 Å². The van der Waals surface area contributed by atoms with E-state index in [1.54, 1.807) is 0 Å². The third kappa shape index (κ3) is 6.24. The van der Waals surface area contributed by atoms with Gasteiger partial charge in [-0.3, -0.25) is 0 Å². The maximum atomic E-state index is 9.18. The fraction of sp³-hybridized carbons (Fsp3) is 0.818. The molecule has 0 saturated heterocycles. The molecule has 0 aromatic carbocycles. The summed E-state index contributed by atoms with van der Waals surface area (Å²) in [5, 5.41) is 9.18. The van der Waals surface area contributed by atoms with Gasteiger partial charge >= 0.3 is 0 Å². The van der Waals surface area contributed by atoms with E-state index >= 15 is 0 Å². The quantitative estimate of drug-likeness (QED) is 0.628. The predicted molar refractivity (Wildman–Crippen MR) is 52.7 cm³/mol. The van der Waals surface area contributed by atoms with Gasteiger partial charge < -0.3 is 5.11 Å². The molecule has 1 heteroatoms. The second kappa shape index (κ2) is 4.52. The van der Waals surface area contributed by atoms with Crippen LogP contribution in [0.1, 0.15) is 41.0 Å². The van der Waals surface area contributed by atoms with Crippen LogP contribution in [0.25, 0.3) is 0 Å². The number of aliphatic hydroxyl groups is 1. The molecule has 0 aliphatic rings. The normalized spacial score (nSPS) is 16.2. The van der Waals surface area contributed by atoms with E-state index in [4.69, 9.17) is 0 Å². The summed E-state index contributed by atoms with van der Waals surface area (Å²) >= 11 is 0. The smallest absolute Gasteiger partial charge is 0.0546 e. The fourth-order valence-electron chi connectivity index (χ4n) is 0.648. The van der Waals surface area contributed by atoms with Crippen LogP contribution < -0.4 is 0 Å². The van der Waals surface area contributed by atoms with Crippen LogP contribution >= 0.6 is 0 Å². The van der Waals surface area contributed by atoms with Crippen molar-refractivity contribution >= 4 is 0 Å². The van der Waals surface area contributed by atoms with Crippen LogP contribution in [0.5, 0.6) is 0 Å². The predicted octanol–water partition coefficient (Wildman–Crippen LogP) is 2.44. The standard InChI is InChI=1S/C11H20O/c1-9(10(2)12)7-6-8-11(3,4)5/h9-10,12H,7H2,1-5H3. The van der Waals surface area contributed by atoms with Crippen LogP contribution in [-0.2, 0) is 0 Å². The van der Waals surface area contributed by atoms with Gasteiger partial charge in [-0.2, -0.15) is 0 Å². The minimum absolute atomic E-state index is 0.0818. The molecule has 1 N–H and O–H groups in total. The summed E-state index contributed by atoms with van der Waals surface area (Å²) in [6, 6.07) is 0. The van der Waals surface area contributed by atoms with Gasteiger partial charge in [0, 0.05) is 11.8 Å². The Balaban J connectivity index is 3.87. The Hall–Kier alpha value is -0.480. The number of hydrogen-bond acceptors (Lipinski definition) is 1. The van der Waals surface area contributed by atoms with Crippen molar-refractivity contribution in [2.45, 2.75) is 47.1 Å². The summed E-state index contributed by atoms with van der Waals surface area (Å²) in [5.74, 6) is 6.52. The van der Waals surface area contributed by atoms with Gasteiger partial charge in [0.15, 0.2) is 0 Å². The largest absolute Gasteiger partial charge is 0.393 e. The van der Waals surface area contributed by atoms with Crippen LogP contribution in [0.2, 0.25) is 0 Å². The molecule has 0 aromatic heterocycles. The third-order valence-electron chi connectivity index (χ3n) is 1.71. The second-order valence-electron chi connectivity index (χ2n) is 4.47. The molecule has 2 unspecified atom stereocenters. The molecule has 0 saturated carbocycles. The van der Waals surface area contributed by atoms with Crippen LogP contribution in [0.4, 0.5) is 0 Å². The van der Waals surface area contributed by atoms with Crippen molar-refractivity contribution in [3.63, 3.8) is 0 Å². The van der Waals surface area contributed by atoms with E-state index in [-0.39, 0.29) is 17.4 Å². The lowest BCUT2D eigenvalue weighted by molar-refractivity contribution is 0.137. The Morgan fingerprint density at radius 3 is 2.08 bits per heavy atom. The molecule has 0 radical (unpaired) electrons. The lowest BCUT2D eigenvalue weighted by Gasteiger charge is -2.11. The molecule has 1 nitrogen and oxygen atoms in total. The molecule has 0 fully saturated rings. The van der Waals surface area contributed by atoms with E-state index in [1.807, 2.05) is 13.8 Å². The molecule has 0 spiro atoms. The zero-order valence-electron chi connectivity index (χ0n) is 8.81. The molecule has 0 rings (SSSR count). The van der Waals surface area contributed by atoms with Gasteiger partial charge in [-0.15, -0.1) is 5.92 Å². The minimum atomic E-state index is -0.251. The SMILES string of the molecule is CC(O)C(C)CC#CC(C)(C)C. The summed E-state index contributed by atoms with van der Waals surface area (Å²) in [6.45, 7) is 10.1. The van der Waals surface area contributed by atoms with Gasteiger partial charge in [-0.05, 0) is 33.6 Å². The maximum absolute atomic E-state index is 9.18. The van der Waals surface area contributed by atoms with Crippen LogP contribution in [0.3, 0.4) is 0 Å². The van der Waals surface area contributed by atoms with E-state index in [1.165, 1.54) is 0 Å². The zero-order chi connectivity index (χ0) is 9.78. The number of hydrogen-bond donors (Lipinski definition) is 1. The first kappa shape index (κ1) is 11.5. The van der Waals surface area contributed by atoms with Crippen molar-refractivity contribution in [2.75, 3.05) is 0 Å². The van der Waals surface area contributed by atoms with Crippen LogP contribution in [0.15, 0.2) is 0 Å². The Morgan fingerprint density at radius 2 is 1.75 bits per heavy atom. The number of rotatable bonds is 2. The zero-order valence-corrected chi connectivity index (χ0v) is 8.81. The summed E-state index contributed by atoms with van der Waals surface area (Å²) in [6.07, 6.45) is 0.536. The van der Waals surface area contributed by atoms with Crippen molar-refractivity contribution in [1.29, 1.82) is 0 Å². The van der Waals surface area contributed by atoms with Gasteiger partial charge in [-0.1, -0.05) is 12.8 Å². The average Bonchev–Trinajstić information content (AvgIpc) is 1.84. The van der Waals surface area contributed by atoms with Gasteiger partial charge in [0.05, 0.1) is 6.10 Å². The van der Waals surface area contributed by atoms with Gasteiger partial charge in [-0.25, -0.2) is 0 Å². The minimum Gasteiger partial charge on any atom is -0.393 e. The molecule has 70 valence electrons. The van der Waals surface area contributed by atoms with E-state index < -0.39 is 0 Å². The first-order valence-electron chi connectivity index (χ1n) is 4.51. The van der Waals surface area contributed by atoms with Crippen molar-refractivity contribution in [1.82, 2.24) is 0 Å². The van der Waals surface area contributed by atoms with E-state index in [0.29, 0.717) is 0 Å². The summed E-state index contributed by atoms with van der Waals surface area (Å²) in [5.41, 5.74) is 0.0818. The average molecular weight is 168 g/mol. The van der Waals surface area contributed by atoms with Crippen LogP contribution in [0, 0.1) is 23.2 Å². The highest BCUT2D eigenvalue weighted by Crippen LogP contribution is 2.11.